The highest BCUT2D eigenvalue weighted by Gasteiger charge is 2.21. The van der Waals surface area contributed by atoms with Gasteiger partial charge in [-0.1, -0.05) is 15.9 Å². The van der Waals surface area contributed by atoms with Crippen molar-refractivity contribution in [3.8, 4) is 0 Å². The quantitative estimate of drug-likeness (QED) is 0.849. The molecule has 4 heteroatoms. The second kappa shape index (κ2) is 5.38. The Kier molecular flexibility index (Phi) is 4.07. The third kappa shape index (κ3) is 3.21. The van der Waals surface area contributed by atoms with Gasteiger partial charge >= 0.3 is 0 Å². The predicted octanol–water partition coefficient (Wildman–Crippen LogP) is 2.17. The van der Waals surface area contributed by atoms with Gasteiger partial charge in [0.1, 0.15) is 0 Å². The van der Waals surface area contributed by atoms with Gasteiger partial charge < -0.3 is 10.6 Å². The number of halogens is 1. The summed E-state index contributed by atoms with van der Waals surface area (Å²) < 4.78 is 1.15. The summed E-state index contributed by atoms with van der Waals surface area (Å²) in [5.74, 6) is 0. The summed E-state index contributed by atoms with van der Waals surface area (Å²) in [4.78, 5) is 4.90. The minimum absolute atomic E-state index is 0.599. The zero-order chi connectivity index (χ0) is 12.4. The molecule has 1 saturated heterocycles. The summed E-state index contributed by atoms with van der Waals surface area (Å²) in [6, 6.07) is 6.63. The summed E-state index contributed by atoms with van der Waals surface area (Å²) in [5.41, 5.74) is 7.96. The Balaban J connectivity index is 2.07. The van der Waals surface area contributed by atoms with Gasteiger partial charge in [0.05, 0.1) is 0 Å². The van der Waals surface area contributed by atoms with Crippen molar-refractivity contribution >= 4 is 21.6 Å². The number of hydrogen-bond acceptors (Lipinski definition) is 3. The Hall–Kier alpha value is -0.580. The van der Waals surface area contributed by atoms with E-state index in [4.69, 9.17) is 5.73 Å². The summed E-state index contributed by atoms with van der Waals surface area (Å²) in [7, 11) is 2.18. The van der Waals surface area contributed by atoms with E-state index in [-0.39, 0.29) is 0 Å². The second-order valence-electron chi connectivity index (χ2n) is 4.93. The lowest BCUT2D eigenvalue weighted by atomic mass is 10.1. The molecule has 0 aromatic heterocycles. The van der Waals surface area contributed by atoms with Gasteiger partial charge in [-0.2, -0.15) is 0 Å². The molecule has 0 aliphatic carbocycles. The standard InChI is InChI=1S/C13H20BrN3/c1-10-8-16(2)5-6-17(10)9-11-7-12(15)3-4-13(11)14/h3-4,7,10H,5-6,8-9,15H2,1-2H3. The molecule has 1 aromatic carbocycles. The third-order valence-electron chi connectivity index (χ3n) is 3.41. The Morgan fingerprint density at radius 3 is 2.88 bits per heavy atom. The fraction of sp³-hybridized carbons (Fsp3) is 0.538. The Morgan fingerprint density at radius 2 is 2.18 bits per heavy atom. The molecule has 1 heterocycles. The Bertz CT molecular complexity index is 394. The molecular weight excluding hydrogens is 278 g/mol. The van der Waals surface area contributed by atoms with E-state index in [9.17, 15) is 0 Å². The van der Waals surface area contributed by atoms with Crippen LogP contribution in [0.3, 0.4) is 0 Å². The molecular formula is C13H20BrN3. The highest BCUT2D eigenvalue weighted by Crippen LogP contribution is 2.22. The summed E-state index contributed by atoms with van der Waals surface area (Å²) in [5, 5.41) is 0. The molecule has 0 radical (unpaired) electrons. The van der Waals surface area contributed by atoms with E-state index in [1.807, 2.05) is 12.1 Å². The molecule has 1 fully saturated rings. The van der Waals surface area contributed by atoms with E-state index < -0.39 is 0 Å². The van der Waals surface area contributed by atoms with E-state index >= 15 is 0 Å². The zero-order valence-electron chi connectivity index (χ0n) is 10.5. The maximum atomic E-state index is 5.84. The van der Waals surface area contributed by atoms with Crippen molar-refractivity contribution in [3.63, 3.8) is 0 Å². The van der Waals surface area contributed by atoms with Crippen LogP contribution in [-0.4, -0.2) is 42.5 Å². The monoisotopic (exact) mass is 297 g/mol. The Morgan fingerprint density at radius 1 is 1.41 bits per heavy atom. The number of benzene rings is 1. The van der Waals surface area contributed by atoms with Gasteiger partial charge in [-0.3, -0.25) is 4.90 Å². The molecule has 2 rings (SSSR count). The molecule has 2 N–H and O–H groups in total. The molecule has 3 nitrogen and oxygen atoms in total. The van der Waals surface area contributed by atoms with Crippen LogP contribution in [0.15, 0.2) is 22.7 Å². The van der Waals surface area contributed by atoms with Crippen LogP contribution in [0.4, 0.5) is 5.69 Å². The maximum Gasteiger partial charge on any atom is 0.0318 e. The number of nitrogen functional groups attached to an aromatic ring is 1. The minimum atomic E-state index is 0.599. The number of nitrogens with zero attached hydrogens (tertiary/aromatic N) is 2. The smallest absolute Gasteiger partial charge is 0.0318 e. The minimum Gasteiger partial charge on any atom is -0.399 e. The second-order valence-corrected chi connectivity index (χ2v) is 5.79. The van der Waals surface area contributed by atoms with Crippen molar-refractivity contribution in [2.75, 3.05) is 32.4 Å². The lowest BCUT2D eigenvalue weighted by Gasteiger charge is -2.38. The number of piperazine rings is 1. The maximum absolute atomic E-state index is 5.84. The first-order valence-corrected chi connectivity index (χ1v) is 6.82. The first-order valence-electron chi connectivity index (χ1n) is 6.03. The van der Waals surface area contributed by atoms with E-state index in [1.54, 1.807) is 0 Å². The van der Waals surface area contributed by atoms with Crippen LogP contribution in [0.5, 0.6) is 0 Å². The van der Waals surface area contributed by atoms with Crippen molar-refractivity contribution in [1.82, 2.24) is 9.80 Å². The van der Waals surface area contributed by atoms with E-state index in [1.165, 1.54) is 5.56 Å². The van der Waals surface area contributed by atoms with Gasteiger partial charge in [0.2, 0.25) is 0 Å². The highest BCUT2D eigenvalue weighted by molar-refractivity contribution is 9.10. The molecule has 0 spiro atoms. The van der Waals surface area contributed by atoms with Crippen molar-refractivity contribution in [3.05, 3.63) is 28.2 Å². The average molecular weight is 298 g/mol. The van der Waals surface area contributed by atoms with Gasteiger partial charge in [0.15, 0.2) is 0 Å². The van der Waals surface area contributed by atoms with E-state index in [0.717, 1.165) is 36.3 Å². The van der Waals surface area contributed by atoms with Gasteiger partial charge in [0, 0.05) is 42.4 Å². The fourth-order valence-corrected chi connectivity index (χ4v) is 2.72. The van der Waals surface area contributed by atoms with Crippen LogP contribution in [-0.2, 0) is 6.54 Å². The summed E-state index contributed by atoms with van der Waals surface area (Å²) in [6.45, 7) is 6.67. The highest BCUT2D eigenvalue weighted by atomic mass is 79.9. The lowest BCUT2D eigenvalue weighted by molar-refractivity contribution is 0.0937. The predicted molar refractivity (Wildman–Crippen MR) is 75.9 cm³/mol. The van der Waals surface area contributed by atoms with Crippen LogP contribution in [0, 0.1) is 0 Å². The number of nitrogens with two attached hydrogens (primary N) is 1. The van der Waals surface area contributed by atoms with E-state index in [2.05, 4.69) is 45.8 Å². The van der Waals surface area contributed by atoms with Crippen LogP contribution in [0.2, 0.25) is 0 Å². The van der Waals surface area contributed by atoms with Crippen molar-refractivity contribution in [2.45, 2.75) is 19.5 Å². The number of hydrogen-bond donors (Lipinski definition) is 1. The van der Waals surface area contributed by atoms with Gasteiger partial charge in [-0.25, -0.2) is 0 Å². The zero-order valence-corrected chi connectivity index (χ0v) is 12.1. The molecule has 1 unspecified atom stereocenters. The first-order chi connectivity index (χ1) is 8.06. The molecule has 0 bridgehead atoms. The topological polar surface area (TPSA) is 32.5 Å². The summed E-state index contributed by atoms with van der Waals surface area (Å²) in [6.07, 6.45) is 0. The third-order valence-corrected chi connectivity index (χ3v) is 4.19. The van der Waals surface area contributed by atoms with Crippen LogP contribution < -0.4 is 5.73 Å². The normalized spacial score (nSPS) is 22.9. The average Bonchev–Trinajstić information content (AvgIpc) is 2.27. The molecule has 1 atom stereocenters. The lowest BCUT2D eigenvalue weighted by Crippen LogP contribution is -2.49. The van der Waals surface area contributed by atoms with Crippen molar-refractivity contribution < 1.29 is 0 Å². The molecule has 0 amide bonds. The van der Waals surface area contributed by atoms with Crippen LogP contribution in [0.25, 0.3) is 0 Å². The van der Waals surface area contributed by atoms with Crippen LogP contribution >= 0.6 is 15.9 Å². The van der Waals surface area contributed by atoms with Crippen molar-refractivity contribution in [2.24, 2.45) is 0 Å². The molecule has 0 saturated carbocycles. The Labute approximate surface area is 112 Å². The number of likely N-dealkylation sites (N-methyl/N-ethyl adjacent to an activating group) is 1. The molecule has 1 aliphatic heterocycles. The molecule has 94 valence electrons. The van der Waals surface area contributed by atoms with Crippen LogP contribution in [0.1, 0.15) is 12.5 Å². The molecule has 17 heavy (non-hydrogen) atoms. The van der Waals surface area contributed by atoms with Crippen molar-refractivity contribution in [1.29, 1.82) is 0 Å². The SMILES string of the molecule is CC1CN(C)CCN1Cc1cc(N)ccc1Br. The molecule has 1 aliphatic rings. The molecule has 1 aromatic rings. The van der Waals surface area contributed by atoms with Gasteiger partial charge in [-0.05, 0) is 37.7 Å². The first kappa shape index (κ1) is 12.9. The fourth-order valence-electron chi connectivity index (χ4n) is 2.35. The summed E-state index contributed by atoms with van der Waals surface area (Å²) >= 11 is 3.60. The number of anilines is 1. The van der Waals surface area contributed by atoms with Gasteiger partial charge in [-0.15, -0.1) is 0 Å². The van der Waals surface area contributed by atoms with Gasteiger partial charge in [0.25, 0.3) is 0 Å². The largest absolute Gasteiger partial charge is 0.399 e. The van der Waals surface area contributed by atoms with E-state index in [0.29, 0.717) is 6.04 Å². The number of rotatable bonds is 2.